The topological polar surface area (TPSA) is 29.3 Å². The molecule has 0 aromatic heterocycles. The highest BCUT2D eigenvalue weighted by molar-refractivity contribution is 6.30. The van der Waals surface area contributed by atoms with Crippen LogP contribution in [0.3, 0.4) is 0 Å². The number of halogens is 1. The van der Waals surface area contributed by atoms with Gasteiger partial charge in [0.25, 0.3) is 0 Å². The van der Waals surface area contributed by atoms with Crippen LogP contribution >= 0.6 is 11.6 Å². The first-order valence-corrected chi connectivity index (χ1v) is 7.73. The number of rotatable bonds is 3. The van der Waals surface area contributed by atoms with E-state index in [-0.39, 0.29) is 0 Å². The molecule has 0 aliphatic carbocycles. The molecule has 1 heterocycles. The number of hydrogen-bond acceptors (Lipinski definition) is 2. The summed E-state index contributed by atoms with van der Waals surface area (Å²) in [5.41, 5.74) is 8.66. The molecule has 106 valence electrons. The van der Waals surface area contributed by atoms with E-state index in [1.807, 2.05) is 12.1 Å². The molecule has 2 unspecified atom stereocenters. The second kappa shape index (κ2) is 6.74. The summed E-state index contributed by atoms with van der Waals surface area (Å²) in [5, 5.41) is 0.806. The molecule has 2 atom stereocenters. The minimum atomic E-state index is 0.324. The van der Waals surface area contributed by atoms with E-state index in [0.717, 1.165) is 11.6 Å². The molecule has 0 spiro atoms. The van der Waals surface area contributed by atoms with E-state index in [1.165, 1.54) is 36.8 Å². The Hall–Kier alpha value is -0.570. The Balaban J connectivity index is 2.27. The van der Waals surface area contributed by atoms with Gasteiger partial charge >= 0.3 is 0 Å². The van der Waals surface area contributed by atoms with Crippen molar-refractivity contribution in [1.29, 1.82) is 0 Å². The fourth-order valence-corrected chi connectivity index (χ4v) is 3.44. The van der Waals surface area contributed by atoms with Gasteiger partial charge in [0.1, 0.15) is 0 Å². The fraction of sp³-hybridized carbons (Fsp3) is 0.625. The molecule has 1 aromatic carbocycles. The zero-order valence-electron chi connectivity index (χ0n) is 12.0. The molecule has 2 nitrogen and oxygen atoms in total. The lowest BCUT2D eigenvalue weighted by Gasteiger charge is -2.35. The maximum absolute atomic E-state index is 6.08. The highest BCUT2D eigenvalue weighted by Crippen LogP contribution is 2.30. The van der Waals surface area contributed by atoms with Crippen LogP contribution in [0.1, 0.15) is 49.8 Å². The fourth-order valence-electron chi connectivity index (χ4n) is 3.21. The predicted molar refractivity (Wildman–Crippen MR) is 82.6 cm³/mol. The third-order valence-electron chi connectivity index (χ3n) is 4.32. The number of aryl methyl sites for hydroxylation is 1. The molecule has 1 aliphatic heterocycles. The van der Waals surface area contributed by atoms with E-state index in [4.69, 9.17) is 17.3 Å². The van der Waals surface area contributed by atoms with Gasteiger partial charge in [0.15, 0.2) is 0 Å². The molecular formula is C16H25ClN2. The summed E-state index contributed by atoms with van der Waals surface area (Å²) < 4.78 is 0. The van der Waals surface area contributed by atoms with Gasteiger partial charge in [-0.2, -0.15) is 0 Å². The lowest BCUT2D eigenvalue weighted by molar-refractivity contribution is 0.150. The summed E-state index contributed by atoms with van der Waals surface area (Å²) >= 11 is 6.06. The predicted octanol–water partition coefficient (Wildman–Crippen LogP) is 3.91. The standard InChI is InChI=1S/C16H25ClN2/c1-12-10-14(17)7-8-15(12)16(11-18)19-9-5-3-4-6-13(19)2/h7-8,10,13,16H,3-6,9,11,18H2,1-2H3. The van der Waals surface area contributed by atoms with Crippen LogP contribution in [0.4, 0.5) is 0 Å². The summed E-state index contributed by atoms with van der Waals surface area (Å²) in [7, 11) is 0. The van der Waals surface area contributed by atoms with Crippen molar-refractivity contribution in [2.75, 3.05) is 13.1 Å². The van der Waals surface area contributed by atoms with E-state index >= 15 is 0 Å². The van der Waals surface area contributed by atoms with Crippen molar-refractivity contribution in [2.24, 2.45) is 5.73 Å². The normalized spacial score (nSPS) is 23.1. The highest BCUT2D eigenvalue weighted by atomic mass is 35.5. The Morgan fingerprint density at radius 2 is 2.16 bits per heavy atom. The first kappa shape index (κ1) is 14.8. The van der Waals surface area contributed by atoms with Gasteiger partial charge in [-0.1, -0.05) is 30.5 Å². The first-order valence-electron chi connectivity index (χ1n) is 7.35. The third kappa shape index (κ3) is 3.50. The van der Waals surface area contributed by atoms with Gasteiger partial charge in [-0.3, -0.25) is 4.90 Å². The van der Waals surface area contributed by atoms with Crippen molar-refractivity contribution >= 4 is 11.6 Å². The van der Waals surface area contributed by atoms with Crippen LogP contribution < -0.4 is 5.73 Å². The molecule has 1 saturated heterocycles. The Kier molecular flexibility index (Phi) is 5.26. The van der Waals surface area contributed by atoms with Crippen LogP contribution in [0.2, 0.25) is 5.02 Å². The number of nitrogens with zero attached hydrogens (tertiary/aromatic N) is 1. The van der Waals surface area contributed by atoms with Gasteiger partial charge in [-0.05, 0) is 56.5 Å². The van der Waals surface area contributed by atoms with Crippen LogP contribution in [0.25, 0.3) is 0 Å². The summed E-state index contributed by atoms with van der Waals surface area (Å²) in [6.07, 6.45) is 5.25. The maximum Gasteiger partial charge on any atom is 0.0475 e. The molecule has 3 heteroatoms. The van der Waals surface area contributed by atoms with E-state index in [2.05, 4.69) is 24.8 Å². The molecule has 1 fully saturated rings. The van der Waals surface area contributed by atoms with Gasteiger partial charge in [-0.25, -0.2) is 0 Å². The monoisotopic (exact) mass is 280 g/mol. The van der Waals surface area contributed by atoms with Gasteiger partial charge in [0.2, 0.25) is 0 Å². The lowest BCUT2D eigenvalue weighted by atomic mass is 9.98. The van der Waals surface area contributed by atoms with Gasteiger partial charge in [-0.15, -0.1) is 0 Å². The first-order chi connectivity index (χ1) is 9.13. The average Bonchev–Trinajstić information content (AvgIpc) is 2.58. The summed E-state index contributed by atoms with van der Waals surface area (Å²) in [4.78, 5) is 2.59. The SMILES string of the molecule is Cc1cc(Cl)ccc1C(CN)N1CCCCCC1C. The Morgan fingerprint density at radius 1 is 1.37 bits per heavy atom. The molecular weight excluding hydrogens is 256 g/mol. The quantitative estimate of drug-likeness (QED) is 0.909. The summed E-state index contributed by atoms with van der Waals surface area (Å²) in [5.74, 6) is 0. The van der Waals surface area contributed by atoms with Gasteiger partial charge in [0, 0.05) is 23.7 Å². The van der Waals surface area contributed by atoms with Crippen LogP contribution in [-0.2, 0) is 0 Å². The Labute approximate surface area is 121 Å². The molecule has 1 aliphatic rings. The lowest BCUT2D eigenvalue weighted by Crippen LogP contribution is -2.40. The molecule has 0 saturated carbocycles. The smallest absolute Gasteiger partial charge is 0.0475 e. The molecule has 19 heavy (non-hydrogen) atoms. The van der Waals surface area contributed by atoms with Crippen LogP contribution in [-0.4, -0.2) is 24.0 Å². The summed E-state index contributed by atoms with van der Waals surface area (Å²) in [6.45, 7) is 6.30. The Bertz CT molecular complexity index is 419. The largest absolute Gasteiger partial charge is 0.329 e. The number of hydrogen-bond donors (Lipinski definition) is 1. The van der Waals surface area contributed by atoms with Crippen LogP contribution in [0, 0.1) is 6.92 Å². The molecule has 0 amide bonds. The van der Waals surface area contributed by atoms with E-state index in [0.29, 0.717) is 18.6 Å². The minimum absolute atomic E-state index is 0.324. The van der Waals surface area contributed by atoms with Crippen LogP contribution in [0.15, 0.2) is 18.2 Å². The molecule has 2 N–H and O–H groups in total. The Morgan fingerprint density at radius 3 is 2.84 bits per heavy atom. The van der Waals surface area contributed by atoms with Crippen molar-refractivity contribution in [2.45, 2.75) is 51.6 Å². The van der Waals surface area contributed by atoms with E-state index < -0.39 is 0 Å². The third-order valence-corrected chi connectivity index (χ3v) is 4.55. The maximum atomic E-state index is 6.08. The van der Waals surface area contributed by atoms with Crippen molar-refractivity contribution in [3.8, 4) is 0 Å². The van der Waals surface area contributed by atoms with E-state index in [1.54, 1.807) is 0 Å². The number of nitrogens with two attached hydrogens (primary N) is 1. The van der Waals surface area contributed by atoms with Gasteiger partial charge in [0.05, 0.1) is 0 Å². The van der Waals surface area contributed by atoms with E-state index in [9.17, 15) is 0 Å². The minimum Gasteiger partial charge on any atom is -0.329 e. The average molecular weight is 281 g/mol. The number of likely N-dealkylation sites (tertiary alicyclic amines) is 1. The van der Waals surface area contributed by atoms with Crippen LogP contribution in [0.5, 0.6) is 0 Å². The number of benzene rings is 1. The second-order valence-electron chi connectivity index (χ2n) is 5.69. The van der Waals surface area contributed by atoms with Crippen molar-refractivity contribution in [3.63, 3.8) is 0 Å². The van der Waals surface area contributed by atoms with Crippen molar-refractivity contribution < 1.29 is 0 Å². The van der Waals surface area contributed by atoms with Crippen molar-refractivity contribution in [1.82, 2.24) is 4.90 Å². The molecule has 2 rings (SSSR count). The highest BCUT2D eigenvalue weighted by Gasteiger charge is 2.26. The second-order valence-corrected chi connectivity index (χ2v) is 6.13. The molecule has 0 radical (unpaired) electrons. The molecule has 0 bridgehead atoms. The summed E-state index contributed by atoms with van der Waals surface area (Å²) in [6, 6.07) is 7.11. The van der Waals surface area contributed by atoms with Gasteiger partial charge < -0.3 is 5.73 Å². The zero-order valence-corrected chi connectivity index (χ0v) is 12.8. The molecule has 1 aromatic rings. The zero-order chi connectivity index (χ0) is 13.8. The van der Waals surface area contributed by atoms with Crippen molar-refractivity contribution in [3.05, 3.63) is 34.3 Å².